The van der Waals surface area contributed by atoms with Crippen LogP contribution in [0.2, 0.25) is 0 Å². The summed E-state index contributed by atoms with van der Waals surface area (Å²) < 4.78 is 9.47. The van der Waals surface area contributed by atoms with Gasteiger partial charge in [0.05, 0.1) is 0 Å². The van der Waals surface area contributed by atoms with Crippen molar-refractivity contribution in [3.8, 4) is 5.75 Å². The molecule has 4 nitrogen and oxygen atoms in total. The van der Waals surface area contributed by atoms with Gasteiger partial charge in [0.1, 0.15) is 11.3 Å². The SMILES string of the molecule is O=C1COC(=O)c2ccccc2O1. The Hall–Kier alpha value is -1.84. The Morgan fingerprint density at radius 2 is 1.92 bits per heavy atom. The molecule has 1 heterocycles. The zero-order valence-electron chi connectivity index (χ0n) is 6.65. The highest BCUT2D eigenvalue weighted by atomic mass is 16.6. The van der Waals surface area contributed by atoms with Crippen LogP contribution in [0.25, 0.3) is 0 Å². The summed E-state index contributed by atoms with van der Waals surface area (Å²) in [6, 6.07) is 6.47. The molecule has 13 heavy (non-hydrogen) atoms. The van der Waals surface area contributed by atoms with Crippen molar-refractivity contribution in [3.05, 3.63) is 29.8 Å². The first kappa shape index (κ1) is 7.79. The molecule has 0 unspecified atom stereocenters. The van der Waals surface area contributed by atoms with Gasteiger partial charge in [-0.25, -0.2) is 9.59 Å². The highest BCUT2D eigenvalue weighted by Crippen LogP contribution is 2.21. The fourth-order valence-electron chi connectivity index (χ4n) is 1.08. The molecule has 0 spiro atoms. The van der Waals surface area contributed by atoms with Crippen LogP contribution in [0.4, 0.5) is 0 Å². The van der Waals surface area contributed by atoms with Gasteiger partial charge in [-0.15, -0.1) is 0 Å². The van der Waals surface area contributed by atoms with Gasteiger partial charge >= 0.3 is 11.9 Å². The molecule has 66 valence electrons. The summed E-state index contributed by atoms with van der Waals surface area (Å²) >= 11 is 0. The fraction of sp³-hybridized carbons (Fsp3) is 0.111. The number of para-hydroxylation sites is 1. The number of carbonyl (C=O) groups is 2. The largest absolute Gasteiger partial charge is 0.450 e. The molecule has 0 aliphatic carbocycles. The van der Waals surface area contributed by atoms with E-state index in [4.69, 9.17) is 4.74 Å². The van der Waals surface area contributed by atoms with Crippen molar-refractivity contribution >= 4 is 11.9 Å². The second-order valence-electron chi connectivity index (χ2n) is 2.55. The third-order valence-electron chi connectivity index (χ3n) is 1.65. The number of rotatable bonds is 0. The Morgan fingerprint density at radius 1 is 1.15 bits per heavy atom. The Labute approximate surface area is 74.1 Å². The lowest BCUT2D eigenvalue weighted by molar-refractivity contribution is -0.137. The maximum Gasteiger partial charge on any atom is 0.349 e. The molecular weight excluding hydrogens is 172 g/mol. The van der Waals surface area contributed by atoms with Gasteiger partial charge in [-0.3, -0.25) is 0 Å². The lowest BCUT2D eigenvalue weighted by Gasteiger charge is -2.00. The van der Waals surface area contributed by atoms with Crippen LogP contribution in [-0.4, -0.2) is 18.5 Å². The highest BCUT2D eigenvalue weighted by molar-refractivity contribution is 5.96. The van der Waals surface area contributed by atoms with Crippen molar-refractivity contribution in [1.82, 2.24) is 0 Å². The van der Waals surface area contributed by atoms with E-state index in [0.29, 0.717) is 0 Å². The molecular formula is C9H6O4. The van der Waals surface area contributed by atoms with Crippen LogP contribution in [0.5, 0.6) is 5.75 Å². The number of cyclic esters (lactones) is 1. The maximum atomic E-state index is 11.2. The predicted octanol–water partition coefficient (Wildman–Crippen LogP) is 0.762. The molecule has 0 saturated carbocycles. The lowest BCUT2D eigenvalue weighted by Crippen LogP contribution is -2.13. The monoisotopic (exact) mass is 178 g/mol. The van der Waals surface area contributed by atoms with Crippen LogP contribution < -0.4 is 4.74 Å². The van der Waals surface area contributed by atoms with Crippen molar-refractivity contribution in [2.75, 3.05) is 6.61 Å². The van der Waals surface area contributed by atoms with E-state index < -0.39 is 11.9 Å². The Bertz CT molecular complexity index is 370. The average Bonchev–Trinajstić information content (AvgIpc) is 2.27. The van der Waals surface area contributed by atoms with Crippen molar-refractivity contribution in [2.45, 2.75) is 0 Å². The second-order valence-corrected chi connectivity index (χ2v) is 2.55. The zero-order chi connectivity index (χ0) is 9.26. The van der Waals surface area contributed by atoms with Crippen LogP contribution >= 0.6 is 0 Å². The number of hydrogen-bond acceptors (Lipinski definition) is 4. The summed E-state index contributed by atoms with van der Waals surface area (Å²) in [6.45, 7) is -0.326. The third-order valence-corrected chi connectivity index (χ3v) is 1.65. The van der Waals surface area contributed by atoms with E-state index in [1.807, 2.05) is 0 Å². The molecule has 0 bridgehead atoms. The fourth-order valence-corrected chi connectivity index (χ4v) is 1.08. The lowest BCUT2D eigenvalue weighted by atomic mass is 10.2. The molecule has 0 N–H and O–H groups in total. The Morgan fingerprint density at radius 3 is 2.77 bits per heavy atom. The van der Waals surface area contributed by atoms with Crippen LogP contribution in [0, 0.1) is 0 Å². The normalized spacial score (nSPS) is 15.4. The molecule has 1 aliphatic heterocycles. The molecule has 0 fully saturated rings. The van der Waals surface area contributed by atoms with Crippen molar-refractivity contribution < 1.29 is 19.1 Å². The van der Waals surface area contributed by atoms with Gasteiger partial charge in [0.15, 0.2) is 6.61 Å². The molecule has 0 saturated heterocycles. The van der Waals surface area contributed by atoms with E-state index in [-0.39, 0.29) is 17.9 Å². The minimum Gasteiger partial charge on any atom is -0.450 e. The molecule has 0 aromatic heterocycles. The van der Waals surface area contributed by atoms with E-state index in [1.54, 1.807) is 24.3 Å². The van der Waals surface area contributed by atoms with Crippen LogP contribution in [0.1, 0.15) is 10.4 Å². The average molecular weight is 178 g/mol. The highest BCUT2D eigenvalue weighted by Gasteiger charge is 2.21. The molecule has 0 amide bonds. The van der Waals surface area contributed by atoms with E-state index >= 15 is 0 Å². The van der Waals surface area contributed by atoms with Gasteiger partial charge in [0, 0.05) is 0 Å². The van der Waals surface area contributed by atoms with Gasteiger partial charge in [-0.05, 0) is 12.1 Å². The summed E-state index contributed by atoms with van der Waals surface area (Å²) in [7, 11) is 0. The van der Waals surface area contributed by atoms with Gasteiger partial charge in [-0.2, -0.15) is 0 Å². The first-order valence-corrected chi connectivity index (χ1v) is 3.74. The van der Waals surface area contributed by atoms with Crippen LogP contribution in [-0.2, 0) is 9.53 Å². The summed E-state index contributed by atoms with van der Waals surface area (Å²) in [5.41, 5.74) is 0.286. The van der Waals surface area contributed by atoms with E-state index in [9.17, 15) is 9.59 Å². The van der Waals surface area contributed by atoms with Gasteiger partial charge in [0.25, 0.3) is 0 Å². The standard InChI is InChI=1S/C9H6O4/c10-8-5-12-9(11)6-3-1-2-4-7(6)13-8/h1-4H,5H2. The maximum absolute atomic E-state index is 11.2. The van der Waals surface area contributed by atoms with Gasteiger partial charge < -0.3 is 9.47 Å². The van der Waals surface area contributed by atoms with Crippen LogP contribution in [0.3, 0.4) is 0 Å². The summed E-state index contributed by atoms with van der Waals surface area (Å²) in [5.74, 6) is -0.824. The van der Waals surface area contributed by atoms with Crippen molar-refractivity contribution in [1.29, 1.82) is 0 Å². The molecule has 1 aromatic rings. The first-order chi connectivity index (χ1) is 6.27. The quantitative estimate of drug-likeness (QED) is 0.434. The first-order valence-electron chi connectivity index (χ1n) is 3.74. The summed E-state index contributed by atoms with van der Waals surface area (Å²) in [6.07, 6.45) is 0. The van der Waals surface area contributed by atoms with Crippen LogP contribution in [0.15, 0.2) is 24.3 Å². The minimum atomic E-state index is -0.557. The third kappa shape index (κ3) is 1.38. The number of benzene rings is 1. The number of hydrogen-bond donors (Lipinski definition) is 0. The van der Waals surface area contributed by atoms with Gasteiger partial charge in [0.2, 0.25) is 0 Å². The molecule has 0 radical (unpaired) electrons. The van der Waals surface area contributed by atoms with E-state index in [0.717, 1.165) is 0 Å². The molecule has 2 rings (SSSR count). The number of carbonyl (C=O) groups excluding carboxylic acids is 2. The van der Waals surface area contributed by atoms with E-state index in [1.165, 1.54) is 0 Å². The molecule has 1 aliphatic rings. The second kappa shape index (κ2) is 2.90. The smallest absolute Gasteiger partial charge is 0.349 e. The Balaban J connectivity index is 2.49. The van der Waals surface area contributed by atoms with Crippen molar-refractivity contribution in [2.24, 2.45) is 0 Å². The number of ether oxygens (including phenoxy) is 2. The zero-order valence-corrected chi connectivity index (χ0v) is 6.65. The molecule has 0 atom stereocenters. The number of fused-ring (bicyclic) bond motifs is 1. The topological polar surface area (TPSA) is 52.6 Å². The molecule has 1 aromatic carbocycles. The summed E-state index contributed by atoms with van der Waals surface area (Å²) in [5, 5.41) is 0. The number of esters is 2. The summed E-state index contributed by atoms with van der Waals surface area (Å²) in [4.78, 5) is 22.1. The van der Waals surface area contributed by atoms with E-state index in [2.05, 4.69) is 4.74 Å². The Kier molecular flexibility index (Phi) is 1.73. The van der Waals surface area contributed by atoms with Gasteiger partial charge in [-0.1, -0.05) is 12.1 Å². The minimum absolute atomic E-state index is 0.259. The predicted molar refractivity (Wildman–Crippen MR) is 42.4 cm³/mol. The van der Waals surface area contributed by atoms with Crippen molar-refractivity contribution in [3.63, 3.8) is 0 Å². The molecule has 4 heteroatoms.